The quantitative estimate of drug-likeness (QED) is 0.831. The highest BCUT2D eigenvalue weighted by Crippen LogP contribution is 2.30. The van der Waals surface area contributed by atoms with E-state index in [1.807, 2.05) is 54.6 Å². The molecule has 0 saturated heterocycles. The second kappa shape index (κ2) is 7.24. The SMILES string of the molecule is CSc1ccccc1[C@@H](C(=O)O)N(C)Cc1cccnc1. The highest BCUT2D eigenvalue weighted by molar-refractivity contribution is 7.98. The Morgan fingerprint density at radius 2 is 2.10 bits per heavy atom. The molecule has 0 aliphatic rings. The minimum absolute atomic E-state index is 0.535. The number of benzene rings is 1. The van der Waals surface area contributed by atoms with Crippen LogP contribution in [0.1, 0.15) is 17.2 Å². The normalized spacial score (nSPS) is 12.3. The fraction of sp³-hybridized carbons (Fsp3) is 0.250. The van der Waals surface area contributed by atoms with Gasteiger partial charge in [-0.05, 0) is 36.6 Å². The number of hydrogen-bond donors (Lipinski definition) is 1. The molecule has 1 atom stereocenters. The number of nitrogens with zero attached hydrogens (tertiary/aromatic N) is 2. The Hall–Kier alpha value is -1.85. The Kier molecular flexibility index (Phi) is 5.36. The number of likely N-dealkylation sites (N-methyl/N-ethyl adjacent to an activating group) is 1. The Bertz CT molecular complexity index is 604. The number of pyridine rings is 1. The maximum atomic E-state index is 11.7. The predicted octanol–water partition coefficient (Wildman–Crippen LogP) is 3.06. The van der Waals surface area contributed by atoms with Crippen LogP contribution in [0.2, 0.25) is 0 Å². The van der Waals surface area contributed by atoms with Crippen LogP contribution in [0.4, 0.5) is 0 Å². The first-order valence-corrected chi connectivity index (χ1v) is 7.81. The maximum absolute atomic E-state index is 11.7. The van der Waals surface area contributed by atoms with Gasteiger partial charge in [0.25, 0.3) is 0 Å². The average Bonchev–Trinajstić information content (AvgIpc) is 2.48. The van der Waals surface area contributed by atoms with Crippen LogP contribution in [0.25, 0.3) is 0 Å². The Labute approximate surface area is 128 Å². The molecule has 0 aliphatic carbocycles. The number of aliphatic carboxylic acids is 1. The first-order chi connectivity index (χ1) is 10.1. The maximum Gasteiger partial charge on any atom is 0.325 e. The monoisotopic (exact) mass is 302 g/mol. The summed E-state index contributed by atoms with van der Waals surface area (Å²) in [5, 5.41) is 9.63. The van der Waals surface area contributed by atoms with Gasteiger partial charge in [-0.25, -0.2) is 0 Å². The molecule has 4 nitrogen and oxygen atoms in total. The molecular weight excluding hydrogens is 284 g/mol. The Morgan fingerprint density at radius 1 is 1.33 bits per heavy atom. The fourth-order valence-electron chi connectivity index (χ4n) is 2.32. The molecule has 110 valence electrons. The van der Waals surface area contributed by atoms with Gasteiger partial charge in [-0.3, -0.25) is 14.7 Å². The van der Waals surface area contributed by atoms with E-state index in [4.69, 9.17) is 0 Å². The zero-order valence-electron chi connectivity index (χ0n) is 12.1. The Balaban J connectivity index is 2.28. The second-order valence-corrected chi connectivity index (χ2v) is 5.61. The number of carboxylic acid groups (broad SMARTS) is 1. The van der Waals surface area contributed by atoms with Crippen LogP contribution < -0.4 is 0 Å². The van der Waals surface area contributed by atoms with Crippen LogP contribution in [-0.4, -0.2) is 34.3 Å². The average molecular weight is 302 g/mol. The molecule has 0 saturated carbocycles. The molecule has 0 unspecified atom stereocenters. The summed E-state index contributed by atoms with van der Waals surface area (Å²) in [7, 11) is 1.82. The summed E-state index contributed by atoms with van der Waals surface area (Å²) in [6.45, 7) is 0.535. The highest BCUT2D eigenvalue weighted by Gasteiger charge is 2.26. The van der Waals surface area contributed by atoms with Crippen LogP contribution in [0, 0.1) is 0 Å². The first kappa shape index (κ1) is 15.5. The standard InChI is InChI=1S/C16H18N2O2S/c1-18(11-12-6-5-9-17-10-12)15(16(19)20)13-7-3-4-8-14(13)21-2/h3-10,15H,11H2,1-2H3,(H,19,20)/t15-/m0/s1. The number of carboxylic acids is 1. The first-order valence-electron chi connectivity index (χ1n) is 6.58. The van der Waals surface area contributed by atoms with Crippen molar-refractivity contribution in [3.63, 3.8) is 0 Å². The third-order valence-electron chi connectivity index (χ3n) is 3.26. The topological polar surface area (TPSA) is 53.4 Å². The van der Waals surface area contributed by atoms with E-state index >= 15 is 0 Å². The van der Waals surface area contributed by atoms with Gasteiger partial charge in [0.05, 0.1) is 0 Å². The molecule has 1 aromatic heterocycles. The molecule has 0 bridgehead atoms. The van der Waals surface area contributed by atoms with E-state index in [0.29, 0.717) is 6.54 Å². The molecule has 2 aromatic rings. The summed E-state index contributed by atoms with van der Waals surface area (Å²) in [4.78, 5) is 18.6. The van der Waals surface area contributed by atoms with Crippen molar-refractivity contribution in [1.29, 1.82) is 0 Å². The highest BCUT2D eigenvalue weighted by atomic mass is 32.2. The predicted molar refractivity (Wildman–Crippen MR) is 84.3 cm³/mol. The summed E-state index contributed by atoms with van der Waals surface area (Å²) in [6.07, 6.45) is 5.43. The molecular formula is C16H18N2O2S. The molecule has 2 rings (SSSR count). The summed E-state index contributed by atoms with van der Waals surface area (Å²) in [5.41, 5.74) is 1.82. The minimum atomic E-state index is -0.845. The van der Waals surface area contributed by atoms with E-state index in [1.54, 1.807) is 24.2 Å². The number of hydrogen-bond acceptors (Lipinski definition) is 4. The van der Waals surface area contributed by atoms with Crippen molar-refractivity contribution in [2.75, 3.05) is 13.3 Å². The van der Waals surface area contributed by atoms with Gasteiger partial charge in [-0.2, -0.15) is 0 Å². The van der Waals surface area contributed by atoms with E-state index in [9.17, 15) is 9.90 Å². The van der Waals surface area contributed by atoms with Crippen molar-refractivity contribution < 1.29 is 9.90 Å². The van der Waals surface area contributed by atoms with E-state index < -0.39 is 12.0 Å². The lowest BCUT2D eigenvalue weighted by Crippen LogP contribution is -2.30. The molecule has 0 amide bonds. The zero-order chi connectivity index (χ0) is 15.2. The molecule has 0 aliphatic heterocycles. The molecule has 5 heteroatoms. The number of thioether (sulfide) groups is 1. The molecule has 1 N–H and O–H groups in total. The van der Waals surface area contributed by atoms with E-state index in [1.165, 1.54) is 0 Å². The lowest BCUT2D eigenvalue weighted by Gasteiger charge is -2.26. The second-order valence-electron chi connectivity index (χ2n) is 4.76. The van der Waals surface area contributed by atoms with Gasteiger partial charge in [0.1, 0.15) is 6.04 Å². The van der Waals surface area contributed by atoms with Crippen LogP contribution in [0.15, 0.2) is 53.7 Å². The lowest BCUT2D eigenvalue weighted by atomic mass is 10.1. The molecule has 0 fully saturated rings. The van der Waals surface area contributed by atoms with Crippen LogP contribution >= 0.6 is 11.8 Å². The van der Waals surface area contributed by atoms with Gasteiger partial charge in [0.15, 0.2) is 0 Å². The lowest BCUT2D eigenvalue weighted by molar-refractivity contribution is -0.143. The van der Waals surface area contributed by atoms with Gasteiger partial charge < -0.3 is 5.11 Å². The Morgan fingerprint density at radius 3 is 2.71 bits per heavy atom. The molecule has 0 radical (unpaired) electrons. The summed E-state index contributed by atoms with van der Waals surface area (Å²) in [6, 6.07) is 10.8. The summed E-state index contributed by atoms with van der Waals surface area (Å²) < 4.78 is 0. The number of rotatable bonds is 6. The van der Waals surface area contributed by atoms with Gasteiger partial charge in [-0.15, -0.1) is 11.8 Å². The minimum Gasteiger partial charge on any atom is -0.480 e. The molecule has 0 spiro atoms. The number of carbonyl (C=O) groups is 1. The van der Waals surface area contributed by atoms with Crippen molar-refractivity contribution in [1.82, 2.24) is 9.88 Å². The summed E-state index contributed by atoms with van der Waals surface area (Å²) >= 11 is 1.56. The number of aromatic nitrogens is 1. The van der Waals surface area contributed by atoms with Crippen LogP contribution in [0.5, 0.6) is 0 Å². The van der Waals surface area contributed by atoms with Crippen molar-refractivity contribution in [3.05, 3.63) is 59.9 Å². The van der Waals surface area contributed by atoms with Crippen molar-refractivity contribution in [3.8, 4) is 0 Å². The van der Waals surface area contributed by atoms with Gasteiger partial charge in [0, 0.05) is 23.8 Å². The van der Waals surface area contributed by atoms with Crippen LogP contribution in [-0.2, 0) is 11.3 Å². The zero-order valence-corrected chi connectivity index (χ0v) is 12.9. The van der Waals surface area contributed by atoms with Gasteiger partial charge in [0.2, 0.25) is 0 Å². The smallest absolute Gasteiger partial charge is 0.325 e. The van der Waals surface area contributed by atoms with Crippen molar-refractivity contribution in [2.24, 2.45) is 0 Å². The molecule has 1 aromatic carbocycles. The molecule has 21 heavy (non-hydrogen) atoms. The summed E-state index contributed by atoms with van der Waals surface area (Å²) in [5.74, 6) is -0.845. The van der Waals surface area contributed by atoms with Crippen molar-refractivity contribution >= 4 is 17.7 Å². The third-order valence-corrected chi connectivity index (χ3v) is 4.07. The van der Waals surface area contributed by atoms with E-state index in [0.717, 1.165) is 16.0 Å². The van der Waals surface area contributed by atoms with E-state index in [2.05, 4.69) is 4.98 Å². The van der Waals surface area contributed by atoms with Crippen molar-refractivity contribution in [2.45, 2.75) is 17.5 Å². The third kappa shape index (κ3) is 3.83. The fourth-order valence-corrected chi connectivity index (χ4v) is 2.95. The van der Waals surface area contributed by atoms with E-state index in [-0.39, 0.29) is 0 Å². The van der Waals surface area contributed by atoms with Gasteiger partial charge >= 0.3 is 5.97 Å². The van der Waals surface area contributed by atoms with Gasteiger partial charge in [-0.1, -0.05) is 24.3 Å². The van der Waals surface area contributed by atoms with Crippen LogP contribution in [0.3, 0.4) is 0 Å². The largest absolute Gasteiger partial charge is 0.480 e. The molecule has 1 heterocycles.